The van der Waals surface area contributed by atoms with Gasteiger partial charge in [-0.05, 0) is 17.7 Å². The highest BCUT2D eigenvalue weighted by molar-refractivity contribution is 7.16. The van der Waals surface area contributed by atoms with Crippen LogP contribution >= 0.6 is 11.3 Å². The van der Waals surface area contributed by atoms with Gasteiger partial charge >= 0.3 is 5.56 Å². The van der Waals surface area contributed by atoms with Gasteiger partial charge in [-0.3, -0.25) is 4.79 Å². The van der Waals surface area contributed by atoms with E-state index in [-0.39, 0.29) is 5.56 Å². The first-order valence-corrected chi connectivity index (χ1v) is 8.50. The van der Waals surface area contributed by atoms with Crippen molar-refractivity contribution in [1.29, 1.82) is 0 Å². The molecule has 2 aromatic carbocycles. The van der Waals surface area contributed by atoms with E-state index in [1.165, 1.54) is 15.9 Å². The van der Waals surface area contributed by atoms with Crippen LogP contribution < -0.4 is 10.3 Å². The van der Waals surface area contributed by atoms with Crippen LogP contribution in [0.1, 0.15) is 10.6 Å². The molecule has 0 bridgehead atoms. The smallest absolute Gasteiger partial charge is 0.302 e. The highest BCUT2D eigenvalue weighted by Gasteiger charge is 2.13. The van der Waals surface area contributed by atoms with Crippen LogP contribution in [0.3, 0.4) is 0 Å². The van der Waals surface area contributed by atoms with Crippen molar-refractivity contribution in [1.82, 2.24) is 19.8 Å². The second-order valence-electron chi connectivity index (χ2n) is 5.43. The third-order valence-electron chi connectivity index (χ3n) is 3.79. The van der Waals surface area contributed by atoms with Crippen LogP contribution in [0.2, 0.25) is 0 Å². The van der Waals surface area contributed by atoms with Gasteiger partial charge < -0.3 is 4.74 Å². The number of hydrogen-bond donors (Lipinski definition) is 0. The number of rotatable bonds is 4. The first-order valence-electron chi connectivity index (χ1n) is 7.68. The molecule has 4 rings (SSSR count). The molecule has 0 saturated carbocycles. The van der Waals surface area contributed by atoms with Gasteiger partial charge in [0.05, 0.1) is 7.11 Å². The SMILES string of the molecule is COc1ccc(Cc2nn3c(=O)c(-c4ccccc4)nnc3s2)cc1. The zero-order chi connectivity index (χ0) is 17.2. The van der Waals surface area contributed by atoms with Gasteiger partial charge in [-0.1, -0.05) is 53.8 Å². The lowest BCUT2D eigenvalue weighted by molar-refractivity contribution is 0.414. The van der Waals surface area contributed by atoms with Gasteiger partial charge in [0, 0.05) is 12.0 Å². The van der Waals surface area contributed by atoms with Crippen LogP contribution in [0.5, 0.6) is 5.75 Å². The molecule has 124 valence electrons. The maximum absolute atomic E-state index is 12.7. The predicted octanol–water partition coefficient (Wildman–Crippen LogP) is 2.81. The van der Waals surface area contributed by atoms with E-state index in [0.717, 1.165) is 21.9 Å². The Kier molecular flexibility index (Phi) is 3.99. The molecule has 2 heterocycles. The predicted molar refractivity (Wildman–Crippen MR) is 96.2 cm³/mol. The minimum atomic E-state index is -0.256. The minimum Gasteiger partial charge on any atom is -0.497 e. The number of benzene rings is 2. The molecule has 4 aromatic rings. The Labute approximate surface area is 147 Å². The van der Waals surface area contributed by atoms with Crippen LogP contribution in [0.25, 0.3) is 16.2 Å². The molecule has 0 unspecified atom stereocenters. The molecule has 0 amide bonds. The average molecular weight is 350 g/mol. The van der Waals surface area contributed by atoms with Gasteiger partial charge in [0.1, 0.15) is 10.8 Å². The number of ether oxygens (including phenoxy) is 1. The summed E-state index contributed by atoms with van der Waals surface area (Å²) in [5, 5.41) is 13.5. The number of hydrogen-bond acceptors (Lipinski definition) is 6. The van der Waals surface area contributed by atoms with Crippen molar-refractivity contribution in [2.75, 3.05) is 7.11 Å². The Morgan fingerprint density at radius 3 is 2.52 bits per heavy atom. The minimum absolute atomic E-state index is 0.256. The molecule has 2 aromatic heterocycles. The summed E-state index contributed by atoms with van der Waals surface area (Å²) in [5.74, 6) is 0.808. The number of nitrogens with zero attached hydrogens (tertiary/aromatic N) is 4. The Balaban J connectivity index is 1.70. The topological polar surface area (TPSA) is 69.4 Å². The first kappa shape index (κ1) is 15.5. The van der Waals surface area contributed by atoms with Gasteiger partial charge in [-0.2, -0.15) is 9.61 Å². The summed E-state index contributed by atoms with van der Waals surface area (Å²) < 4.78 is 6.49. The molecule has 0 aliphatic heterocycles. The van der Waals surface area contributed by atoms with E-state index < -0.39 is 0 Å². The normalized spacial score (nSPS) is 10.9. The number of methoxy groups -OCH3 is 1. The van der Waals surface area contributed by atoms with E-state index in [9.17, 15) is 4.79 Å². The van der Waals surface area contributed by atoms with Crippen molar-refractivity contribution in [2.45, 2.75) is 6.42 Å². The third-order valence-corrected chi connectivity index (χ3v) is 4.69. The molecule has 0 N–H and O–H groups in total. The number of fused-ring (bicyclic) bond motifs is 1. The lowest BCUT2D eigenvalue weighted by atomic mass is 10.1. The second kappa shape index (κ2) is 6.45. The Morgan fingerprint density at radius 2 is 1.80 bits per heavy atom. The molecule has 6 nitrogen and oxygen atoms in total. The van der Waals surface area contributed by atoms with Crippen molar-refractivity contribution in [3.63, 3.8) is 0 Å². The van der Waals surface area contributed by atoms with Crippen molar-refractivity contribution >= 4 is 16.3 Å². The zero-order valence-electron chi connectivity index (χ0n) is 13.4. The summed E-state index contributed by atoms with van der Waals surface area (Å²) in [4.78, 5) is 13.2. The summed E-state index contributed by atoms with van der Waals surface area (Å²) in [6.07, 6.45) is 0.623. The van der Waals surface area contributed by atoms with Gasteiger partial charge in [0.25, 0.3) is 0 Å². The fourth-order valence-electron chi connectivity index (χ4n) is 2.52. The molecule has 0 fully saturated rings. The van der Waals surface area contributed by atoms with Crippen LogP contribution in [-0.4, -0.2) is 26.9 Å². The fraction of sp³-hybridized carbons (Fsp3) is 0.111. The van der Waals surface area contributed by atoms with Crippen molar-refractivity contribution in [3.05, 3.63) is 75.5 Å². The van der Waals surface area contributed by atoms with Crippen molar-refractivity contribution in [2.24, 2.45) is 0 Å². The standard InChI is InChI=1S/C18H14N4O2S/c1-24-14-9-7-12(8-10-14)11-15-21-22-17(23)16(19-20-18(22)25-15)13-5-3-2-4-6-13/h2-10H,11H2,1H3. The second-order valence-corrected chi connectivity index (χ2v) is 6.48. The highest BCUT2D eigenvalue weighted by Crippen LogP contribution is 2.19. The molecular weight excluding hydrogens is 336 g/mol. The summed E-state index contributed by atoms with van der Waals surface area (Å²) >= 11 is 1.37. The van der Waals surface area contributed by atoms with E-state index in [0.29, 0.717) is 17.1 Å². The molecule has 7 heteroatoms. The van der Waals surface area contributed by atoms with Gasteiger partial charge in [-0.25, -0.2) is 0 Å². The van der Waals surface area contributed by atoms with Crippen LogP contribution in [0, 0.1) is 0 Å². The highest BCUT2D eigenvalue weighted by atomic mass is 32.1. The first-order chi connectivity index (χ1) is 12.2. The van der Waals surface area contributed by atoms with Gasteiger partial charge in [0.2, 0.25) is 4.96 Å². The monoisotopic (exact) mass is 350 g/mol. The van der Waals surface area contributed by atoms with E-state index in [1.807, 2.05) is 54.6 Å². The Morgan fingerprint density at radius 1 is 1.04 bits per heavy atom. The Hall–Kier alpha value is -3.06. The molecule has 0 spiro atoms. The number of aromatic nitrogens is 4. The maximum atomic E-state index is 12.7. The summed E-state index contributed by atoms with van der Waals surface area (Å²) in [6, 6.07) is 17.1. The average Bonchev–Trinajstić information content (AvgIpc) is 3.07. The quantitative estimate of drug-likeness (QED) is 0.566. The molecule has 0 atom stereocenters. The summed E-state index contributed by atoms with van der Waals surface area (Å²) in [7, 11) is 1.64. The fourth-order valence-corrected chi connectivity index (χ4v) is 3.38. The maximum Gasteiger partial charge on any atom is 0.302 e. The van der Waals surface area contributed by atoms with E-state index in [4.69, 9.17) is 4.74 Å². The van der Waals surface area contributed by atoms with Crippen LogP contribution in [0.4, 0.5) is 0 Å². The summed E-state index contributed by atoms with van der Waals surface area (Å²) in [5.41, 5.74) is 1.87. The molecule has 0 aliphatic carbocycles. The van der Waals surface area contributed by atoms with Gasteiger partial charge in [-0.15, -0.1) is 10.2 Å². The lowest BCUT2D eigenvalue weighted by Gasteiger charge is -2.00. The van der Waals surface area contributed by atoms with E-state index >= 15 is 0 Å². The van der Waals surface area contributed by atoms with Crippen LogP contribution in [-0.2, 0) is 6.42 Å². The largest absolute Gasteiger partial charge is 0.497 e. The van der Waals surface area contributed by atoms with Gasteiger partial charge in [0.15, 0.2) is 5.69 Å². The molecule has 0 saturated heterocycles. The Bertz CT molecular complexity index is 1070. The summed E-state index contributed by atoms with van der Waals surface area (Å²) in [6.45, 7) is 0. The van der Waals surface area contributed by atoms with Crippen molar-refractivity contribution in [3.8, 4) is 17.0 Å². The molecule has 0 aliphatic rings. The van der Waals surface area contributed by atoms with Crippen LogP contribution in [0.15, 0.2) is 59.4 Å². The molecule has 0 radical (unpaired) electrons. The lowest BCUT2D eigenvalue weighted by Crippen LogP contribution is -2.19. The van der Waals surface area contributed by atoms with E-state index in [1.54, 1.807) is 7.11 Å². The molecule has 25 heavy (non-hydrogen) atoms. The van der Waals surface area contributed by atoms with E-state index in [2.05, 4.69) is 15.3 Å². The molecular formula is C18H14N4O2S. The third kappa shape index (κ3) is 3.01. The van der Waals surface area contributed by atoms with Crippen molar-refractivity contribution < 1.29 is 4.74 Å². The zero-order valence-corrected chi connectivity index (χ0v) is 14.2.